The molecule has 3 saturated carbocycles. The van der Waals surface area contributed by atoms with Crippen LogP contribution in [0.15, 0.2) is 24.3 Å². The van der Waals surface area contributed by atoms with E-state index >= 15 is 0 Å². The van der Waals surface area contributed by atoms with E-state index in [0.29, 0.717) is 10.8 Å². The van der Waals surface area contributed by atoms with Crippen LogP contribution in [0, 0.1) is 40.4 Å². The summed E-state index contributed by atoms with van der Waals surface area (Å²) in [7, 11) is 0. The van der Waals surface area contributed by atoms with Gasteiger partial charge in [0.1, 0.15) is 0 Å². The molecule has 0 spiro atoms. The fourth-order valence-electron chi connectivity index (χ4n) is 8.35. The number of rotatable bonds is 4. The number of hydrogen-bond donors (Lipinski definition) is 1. The maximum absolute atomic E-state index is 10.1. The molecule has 0 saturated heterocycles. The third kappa shape index (κ3) is 2.67. The number of fused-ring (bicyclic) bond motifs is 5. The van der Waals surface area contributed by atoms with Gasteiger partial charge in [-0.25, -0.2) is 0 Å². The fourth-order valence-corrected chi connectivity index (χ4v) is 8.35. The minimum absolute atomic E-state index is 0.177. The van der Waals surface area contributed by atoms with Crippen molar-refractivity contribution in [1.82, 2.24) is 0 Å². The van der Waals surface area contributed by atoms with Crippen molar-refractivity contribution >= 4 is 0 Å². The summed E-state index contributed by atoms with van der Waals surface area (Å²) in [5.74, 6) is 4.49. The lowest BCUT2D eigenvalue weighted by Gasteiger charge is -2.59. The molecule has 0 aromatic carbocycles. The molecule has 0 radical (unpaired) electrons. The van der Waals surface area contributed by atoms with Gasteiger partial charge in [-0.05, 0) is 98.2 Å². The van der Waals surface area contributed by atoms with Gasteiger partial charge in [-0.2, -0.15) is 0 Å². The molecule has 4 unspecified atom stereocenters. The van der Waals surface area contributed by atoms with Crippen molar-refractivity contribution in [2.75, 3.05) is 0 Å². The SMILES string of the molecule is C=CCC(CC)[C@H]1CCC2C3CCC4=C[C@@H](O)CC[C@]4(C)C3CC[C@@]21C. The van der Waals surface area contributed by atoms with Crippen LogP contribution in [0.3, 0.4) is 0 Å². The van der Waals surface area contributed by atoms with Gasteiger partial charge in [0, 0.05) is 0 Å². The topological polar surface area (TPSA) is 20.2 Å². The van der Waals surface area contributed by atoms with Crippen molar-refractivity contribution < 1.29 is 5.11 Å². The molecule has 1 N–H and O–H groups in total. The number of aliphatic hydroxyl groups excluding tert-OH is 1. The molecule has 1 heteroatoms. The Morgan fingerprint density at radius 3 is 2.69 bits per heavy atom. The van der Waals surface area contributed by atoms with Crippen LogP contribution >= 0.6 is 0 Å². The van der Waals surface area contributed by atoms with Crippen LogP contribution in [0.25, 0.3) is 0 Å². The lowest BCUT2D eigenvalue weighted by atomic mass is 9.46. The maximum atomic E-state index is 10.1. The number of hydrogen-bond acceptors (Lipinski definition) is 1. The van der Waals surface area contributed by atoms with Crippen LogP contribution in [-0.2, 0) is 0 Å². The lowest BCUT2D eigenvalue weighted by Crippen LogP contribution is -2.51. The number of allylic oxidation sites excluding steroid dienone is 2. The van der Waals surface area contributed by atoms with E-state index in [2.05, 4.69) is 39.5 Å². The summed E-state index contributed by atoms with van der Waals surface area (Å²) in [4.78, 5) is 0. The van der Waals surface area contributed by atoms with Gasteiger partial charge < -0.3 is 5.11 Å². The Balaban J connectivity index is 1.60. The minimum Gasteiger partial charge on any atom is -0.389 e. The second-order valence-corrected chi connectivity index (χ2v) is 10.6. The van der Waals surface area contributed by atoms with Gasteiger partial charge in [0.05, 0.1) is 6.10 Å². The Morgan fingerprint density at radius 1 is 1.15 bits per heavy atom. The Kier molecular flexibility index (Phi) is 4.91. The quantitative estimate of drug-likeness (QED) is 0.568. The van der Waals surface area contributed by atoms with E-state index in [4.69, 9.17) is 0 Å². The molecule has 0 bridgehead atoms. The Bertz CT molecular complexity index is 577. The largest absolute Gasteiger partial charge is 0.389 e. The van der Waals surface area contributed by atoms with Crippen molar-refractivity contribution in [3.05, 3.63) is 24.3 Å². The van der Waals surface area contributed by atoms with E-state index in [9.17, 15) is 5.11 Å². The predicted molar refractivity (Wildman–Crippen MR) is 110 cm³/mol. The zero-order chi connectivity index (χ0) is 18.5. The van der Waals surface area contributed by atoms with Gasteiger partial charge in [-0.15, -0.1) is 6.58 Å². The van der Waals surface area contributed by atoms with Crippen LogP contribution in [0.2, 0.25) is 0 Å². The molecule has 3 fully saturated rings. The molecule has 0 heterocycles. The van der Waals surface area contributed by atoms with Crippen LogP contribution in [0.4, 0.5) is 0 Å². The van der Waals surface area contributed by atoms with E-state index in [0.717, 1.165) is 36.0 Å². The highest BCUT2D eigenvalue weighted by atomic mass is 16.3. The summed E-state index contributed by atoms with van der Waals surface area (Å²) < 4.78 is 0. The molecular weight excluding hydrogens is 316 g/mol. The van der Waals surface area contributed by atoms with Gasteiger partial charge in [0.15, 0.2) is 0 Å². The van der Waals surface area contributed by atoms with Gasteiger partial charge in [0.25, 0.3) is 0 Å². The molecule has 8 atom stereocenters. The normalized spacial score (nSPS) is 48.8. The molecule has 0 aliphatic heterocycles. The highest BCUT2D eigenvalue weighted by molar-refractivity contribution is 5.25. The van der Waals surface area contributed by atoms with Gasteiger partial charge in [-0.1, -0.05) is 44.9 Å². The first-order valence-corrected chi connectivity index (χ1v) is 11.4. The van der Waals surface area contributed by atoms with Crippen molar-refractivity contribution in [3.63, 3.8) is 0 Å². The molecular formula is C25H40O. The van der Waals surface area contributed by atoms with E-state index in [1.54, 1.807) is 5.57 Å². The molecule has 0 aromatic rings. The second kappa shape index (κ2) is 6.80. The fraction of sp³-hybridized carbons (Fsp3) is 0.840. The van der Waals surface area contributed by atoms with E-state index in [-0.39, 0.29) is 6.10 Å². The summed E-state index contributed by atoms with van der Waals surface area (Å²) in [5, 5.41) is 10.1. The summed E-state index contributed by atoms with van der Waals surface area (Å²) in [6.07, 6.45) is 17.3. The first kappa shape index (κ1) is 18.8. The summed E-state index contributed by atoms with van der Waals surface area (Å²) in [6, 6.07) is 0. The average Bonchev–Trinajstić information content (AvgIpc) is 2.97. The highest BCUT2D eigenvalue weighted by Gasteiger charge is 2.59. The summed E-state index contributed by atoms with van der Waals surface area (Å²) in [6.45, 7) is 11.6. The zero-order valence-electron chi connectivity index (χ0n) is 17.3. The molecule has 4 aliphatic rings. The van der Waals surface area contributed by atoms with Crippen molar-refractivity contribution in [3.8, 4) is 0 Å². The number of aliphatic hydroxyl groups is 1. The van der Waals surface area contributed by atoms with E-state index in [1.807, 2.05) is 0 Å². The zero-order valence-corrected chi connectivity index (χ0v) is 17.3. The smallest absolute Gasteiger partial charge is 0.0724 e. The van der Waals surface area contributed by atoms with Crippen LogP contribution in [-0.4, -0.2) is 11.2 Å². The molecule has 0 aromatic heterocycles. The van der Waals surface area contributed by atoms with Crippen molar-refractivity contribution in [2.24, 2.45) is 40.4 Å². The van der Waals surface area contributed by atoms with Crippen LogP contribution in [0.1, 0.15) is 85.0 Å². The second-order valence-electron chi connectivity index (χ2n) is 10.6. The van der Waals surface area contributed by atoms with Crippen molar-refractivity contribution in [2.45, 2.75) is 91.1 Å². The maximum Gasteiger partial charge on any atom is 0.0724 e. The molecule has 4 rings (SSSR count). The van der Waals surface area contributed by atoms with E-state index < -0.39 is 0 Å². The van der Waals surface area contributed by atoms with Gasteiger partial charge in [0.2, 0.25) is 0 Å². The third-order valence-electron chi connectivity index (χ3n) is 9.73. The summed E-state index contributed by atoms with van der Waals surface area (Å²) >= 11 is 0. The Labute approximate surface area is 161 Å². The minimum atomic E-state index is -0.177. The van der Waals surface area contributed by atoms with Crippen LogP contribution < -0.4 is 0 Å². The first-order valence-electron chi connectivity index (χ1n) is 11.4. The third-order valence-corrected chi connectivity index (χ3v) is 9.73. The standard InChI is InChI=1S/C25H40O/c1-5-7-17(6-2)21-10-11-22-20-9-8-18-16-19(26)12-14-24(18,3)23(20)13-15-25(21,22)4/h5,16-17,19-23,26H,1,6-15H2,2-4H3/t17?,19-,20?,21+,22?,23?,24-,25+/m0/s1. The Hall–Kier alpha value is -0.560. The first-order chi connectivity index (χ1) is 12.4. The lowest BCUT2D eigenvalue weighted by molar-refractivity contribution is -0.0632. The van der Waals surface area contributed by atoms with Gasteiger partial charge in [-0.3, -0.25) is 0 Å². The predicted octanol–water partition coefficient (Wildman–Crippen LogP) is 6.53. The highest BCUT2D eigenvalue weighted by Crippen LogP contribution is 2.67. The summed E-state index contributed by atoms with van der Waals surface area (Å²) in [5.41, 5.74) is 2.55. The van der Waals surface area contributed by atoms with Crippen molar-refractivity contribution in [1.29, 1.82) is 0 Å². The molecule has 26 heavy (non-hydrogen) atoms. The van der Waals surface area contributed by atoms with E-state index in [1.165, 1.54) is 57.8 Å². The molecule has 1 nitrogen and oxygen atoms in total. The Morgan fingerprint density at radius 2 is 1.96 bits per heavy atom. The average molecular weight is 357 g/mol. The molecule has 0 amide bonds. The van der Waals surface area contributed by atoms with Crippen LogP contribution in [0.5, 0.6) is 0 Å². The molecule has 4 aliphatic carbocycles. The monoisotopic (exact) mass is 356 g/mol. The van der Waals surface area contributed by atoms with Gasteiger partial charge >= 0.3 is 0 Å². The molecule has 146 valence electrons.